The van der Waals surface area contributed by atoms with Gasteiger partial charge in [-0.1, -0.05) is 18.2 Å². The Hall–Kier alpha value is -6.89. The van der Waals surface area contributed by atoms with Gasteiger partial charge in [0.15, 0.2) is 27.6 Å². The van der Waals surface area contributed by atoms with Crippen LogP contribution in [0.5, 0.6) is 5.75 Å². The van der Waals surface area contributed by atoms with Gasteiger partial charge in [0.1, 0.15) is 11.3 Å². The van der Waals surface area contributed by atoms with Crippen LogP contribution in [0.3, 0.4) is 0 Å². The molecule has 0 unspecified atom stereocenters. The van der Waals surface area contributed by atoms with Crippen LogP contribution in [0, 0.1) is 0 Å². The molecule has 0 atom stereocenters. The number of anilines is 2. The summed E-state index contributed by atoms with van der Waals surface area (Å²) in [4.78, 5) is 44.6. The molecule has 1 aliphatic heterocycles. The van der Waals surface area contributed by atoms with Crippen LogP contribution in [0.1, 0.15) is 23.2 Å². The average Bonchev–Trinajstić information content (AvgIpc) is 3.95. The molecule has 0 radical (unpaired) electrons. The summed E-state index contributed by atoms with van der Waals surface area (Å²) in [7, 11) is 1.81. The summed E-state index contributed by atoms with van der Waals surface area (Å²) in [6.07, 6.45) is 4.80. The van der Waals surface area contributed by atoms with Crippen LogP contribution in [0.4, 0.5) is 11.6 Å². The van der Waals surface area contributed by atoms with Gasteiger partial charge < -0.3 is 35.0 Å². The number of fused-ring (bicyclic) bond motifs is 5. The van der Waals surface area contributed by atoms with Gasteiger partial charge in [-0.15, -0.1) is 10.8 Å². The first-order chi connectivity index (χ1) is 27.2. The summed E-state index contributed by atoms with van der Waals surface area (Å²) >= 11 is 5.46. The van der Waals surface area contributed by atoms with Gasteiger partial charge in [0.05, 0.1) is 30.4 Å². The molecule has 0 saturated heterocycles. The van der Waals surface area contributed by atoms with E-state index in [1.165, 1.54) is 30.3 Å². The van der Waals surface area contributed by atoms with Crippen molar-refractivity contribution in [2.45, 2.75) is 12.8 Å². The standard InChI is InChI=1S/C38H33N9O8S/c1-46-20-28-33(44-46)43-37(47-35(28)42-34(45-47)29-5-4-14-52-29)39-13-16-54-53-15-3-2-12-40-38(56)41-21-6-9-24(27(17-21)36(50)51)32-25-10-7-22(48)18-30(25)55-31-19-23(49)8-11-26(31)32/h4-11,14,17-20,48H,2-3,12-13,15-16H2,1H3,(H,50,51)(H,39,43,44)(H2,40,41,56)/p-1. The molecule has 284 valence electrons. The van der Waals surface area contributed by atoms with Crippen molar-refractivity contribution in [3.63, 3.8) is 0 Å². The fourth-order valence-electron chi connectivity index (χ4n) is 6.27. The zero-order valence-electron chi connectivity index (χ0n) is 29.6. The maximum Gasteiger partial charge on any atom is 0.336 e. The number of hydrogen-bond donors (Lipinski definition) is 4. The van der Waals surface area contributed by atoms with Gasteiger partial charge in [-0.05, 0) is 73.1 Å². The number of thiocarbonyl (C=S) groups is 1. The van der Waals surface area contributed by atoms with Crippen molar-refractivity contribution in [2.24, 2.45) is 7.05 Å². The van der Waals surface area contributed by atoms with E-state index in [9.17, 15) is 19.8 Å². The summed E-state index contributed by atoms with van der Waals surface area (Å²) in [5.41, 5.74) is 2.98. The van der Waals surface area contributed by atoms with E-state index >= 15 is 0 Å². The van der Waals surface area contributed by atoms with Crippen molar-refractivity contribution >= 4 is 62.6 Å². The molecule has 6 aromatic rings. The minimum absolute atomic E-state index is 0.00670. The Morgan fingerprint density at radius 3 is 2.64 bits per heavy atom. The van der Waals surface area contributed by atoms with Crippen molar-refractivity contribution in [2.75, 3.05) is 36.9 Å². The fourth-order valence-corrected chi connectivity index (χ4v) is 6.49. The molecule has 17 nitrogen and oxygen atoms in total. The van der Waals surface area contributed by atoms with Gasteiger partial charge in [0, 0.05) is 54.6 Å². The number of carboxylic acids is 1. The molecule has 0 saturated carbocycles. The number of aromatic carboxylic acids is 1. The highest BCUT2D eigenvalue weighted by Crippen LogP contribution is 2.42. The minimum Gasteiger partial charge on any atom is -0.872 e. The molecule has 0 bridgehead atoms. The van der Waals surface area contributed by atoms with Crippen LogP contribution in [0.15, 0.2) is 92.8 Å². The molecule has 5 heterocycles. The van der Waals surface area contributed by atoms with Crippen molar-refractivity contribution in [1.82, 2.24) is 34.7 Å². The number of benzene rings is 3. The van der Waals surface area contributed by atoms with Gasteiger partial charge in [0.2, 0.25) is 11.8 Å². The van der Waals surface area contributed by atoms with Crippen LogP contribution in [-0.2, 0) is 16.8 Å². The van der Waals surface area contributed by atoms with Crippen molar-refractivity contribution in [1.29, 1.82) is 0 Å². The number of aryl methyl sites for hydroxylation is 1. The normalized spacial score (nSPS) is 11.5. The Bertz CT molecular complexity index is 2760. The molecule has 0 fully saturated rings. The smallest absolute Gasteiger partial charge is 0.336 e. The number of nitrogens with one attached hydrogen (secondary N) is 3. The zero-order chi connectivity index (χ0) is 38.8. The Balaban J connectivity index is 0.811. The molecule has 8 rings (SSSR count). The summed E-state index contributed by atoms with van der Waals surface area (Å²) < 4.78 is 14.6. The van der Waals surface area contributed by atoms with E-state index in [0.717, 1.165) is 5.39 Å². The van der Waals surface area contributed by atoms with Gasteiger partial charge in [-0.3, -0.25) is 9.48 Å². The third kappa shape index (κ3) is 7.43. The lowest BCUT2D eigenvalue weighted by molar-refractivity contribution is -0.292. The lowest BCUT2D eigenvalue weighted by atomic mass is 9.90. The fraction of sp³-hybridized carbons (Fsp3) is 0.184. The predicted molar refractivity (Wildman–Crippen MR) is 208 cm³/mol. The van der Waals surface area contributed by atoms with E-state index < -0.39 is 5.97 Å². The van der Waals surface area contributed by atoms with Gasteiger partial charge in [0.25, 0.3) is 0 Å². The molecule has 4 N–H and O–H groups in total. The Kier molecular flexibility index (Phi) is 9.97. The molecule has 0 amide bonds. The highest BCUT2D eigenvalue weighted by molar-refractivity contribution is 7.80. The van der Waals surface area contributed by atoms with Crippen LogP contribution < -0.4 is 26.5 Å². The lowest BCUT2D eigenvalue weighted by Crippen LogP contribution is -2.29. The molecule has 4 aromatic heterocycles. The Morgan fingerprint density at radius 1 is 0.946 bits per heavy atom. The van der Waals surface area contributed by atoms with Crippen LogP contribution >= 0.6 is 12.2 Å². The van der Waals surface area contributed by atoms with Crippen molar-refractivity contribution in [3.8, 4) is 39.8 Å². The highest BCUT2D eigenvalue weighted by Gasteiger charge is 2.22. The molecule has 1 aliphatic carbocycles. The van der Waals surface area contributed by atoms with Gasteiger partial charge in [-0.2, -0.15) is 14.6 Å². The van der Waals surface area contributed by atoms with E-state index in [1.54, 1.807) is 51.9 Å². The monoisotopic (exact) mass is 774 g/mol. The second kappa shape index (κ2) is 15.5. The van der Waals surface area contributed by atoms with Crippen LogP contribution in [-0.4, -0.2) is 71.9 Å². The number of aromatic nitrogens is 6. The third-order valence-electron chi connectivity index (χ3n) is 8.75. The van der Waals surface area contributed by atoms with Crippen LogP contribution in [0.2, 0.25) is 0 Å². The molecule has 0 spiro atoms. The van der Waals surface area contributed by atoms with E-state index in [-0.39, 0.29) is 34.7 Å². The number of unbranched alkanes of at least 4 members (excludes halogenated alkanes) is 1. The largest absolute Gasteiger partial charge is 0.872 e. The number of nitrogens with zero attached hydrogens (tertiary/aromatic N) is 6. The number of furan rings is 1. The quantitative estimate of drug-likeness (QED) is 0.0374. The molecule has 2 aromatic carbocycles. The summed E-state index contributed by atoms with van der Waals surface area (Å²) in [5, 5.41) is 42.3. The third-order valence-corrected chi connectivity index (χ3v) is 8.99. The Morgan fingerprint density at radius 2 is 1.80 bits per heavy atom. The minimum atomic E-state index is -1.17. The van der Waals surface area contributed by atoms with E-state index in [2.05, 4.69) is 36.1 Å². The van der Waals surface area contributed by atoms with E-state index in [1.807, 2.05) is 13.2 Å². The van der Waals surface area contributed by atoms with E-state index in [4.69, 9.17) is 30.8 Å². The van der Waals surface area contributed by atoms with Crippen molar-refractivity contribution < 1.29 is 33.6 Å². The van der Waals surface area contributed by atoms with Crippen molar-refractivity contribution in [3.05, 3.63) is 95.0 Å². The van der Waals surface area contributed by atoms with Gasteiger partial charge >= 0.3 is 5.97 Å². The summed E-state index contributed by atoms with van der Waals surface area (Å²) in [6, 6.07) is 17.0. The highest BCUT2D eigenvalue weighted by atomic mass is 32.1. The number of hydrogen-bond acceptors (Lipinski definition) is 13. The molecular weight excluding hydrogens is 743 g/mol. The molecule has 18 heteroatoms. The SMILES string of the molecule is Cn1cc2c(nc(NCCOOCCCCNC(=S)Nc3ccc(-c4c5ccc(=O)cc-5oc5cc([O-])ccc45)c(C(=O)O)c3)n3nc(-c4ccco4)nc23)n1. The average molecular weight is 775 g/mol. The second-order valence-electron chi connectivity index (χ2n) is 12.6. The maximum absolute atomic E-state index is 12.5. The molecule has 56 heavy (non-hydrogen) atoms. The zero-order valence-corrected chi connectivity index (χ0v) is 30.5. The summed E-state index contributed by atoms with van der Waals surface area (Å²) in [5.74, 6) is 0.204. The summed E-state index contributed by atoms with van der Waals surface area (Å²) in [6.45, 7) is 1.50. The number of carboxylic acid groups (broad SMARTS) is 1. The van der Waals surface area contributed by atoms with Crippen LogP contribution in [0.25, 0.3) is 61.7 Å². The molecule has 2 aliphatic rings. The van der Waals surface area contributed by atoms with E-state index in [0.29, 0.717) is 94.2 Å². The first kappa shape index (κ1) is 36.1. The first-order valence-electron chi connectivity index (χ1n) is 17.4. The predicted octanol–water partition coefficient (Wildman–Crippen LogP) is 5.05. The van der Waals surface area contributed by atoms with Gasteiger partial charge in [-0.25, -0.2) is 19.6 Å². The maximum atomic E-state index is 12.5. The lowest BCUT2D eigenvalue weighted by Gasteiger charge is -2.18. The molecular formula is C38H32N9O8S-. The first-order valence-corrected chi connectivity index (χ1v) is 17.8. The number of carbonyl (C=O) groups is 1. The Labute approximate surface area is 321 Å². The second-order valence-corrected chi connectivity index (χ2v) is 13.0. The number of rotatable bonds is 14. The topological polar surface area (TPSA) is 219 Å².